The number of hydrogen-bond donors (Lipinski definition) is 1. The van der Waals surface area contributed by atoms with Crippen LogP contribution in [-0.2, 0) is 19.5 Å². The molecule has 0 saturated carbocycles. The lowest BCUT2D eigenvalue weighted by molar-refractivity contribution is 0.720. The first kappa shape index (κ1) is 13.8. The highest BCUT2D eigenvalue weighted by Crippen LogP contribution is 2.19. The average Bonchev–Trinajstić information content (AvgIpc) is 2.86. The Labute approximate surface area is 124 Å². The van der Waals surface area contributed by atoms with Crippen LogP contribution in [0.15, 0.2) is 42.6 Å². The van der Waals surface area contributed by atoms with Gasteiger partial charge in [0.1, 0.15) is 5.82 Å². The van der Waals surface area contributed by atoms with Crippen molar-refractivity contribution in [3.05, 3.63) is 59.7 Å². The van der Waals surface area contributed by atoms with Crippen molar-refractivity contribution in [3.8, 4) is 0 Å². The SMILES string of the molecule is CCCc1nc2ccccc2n1Cc1ccnc(CN)c1. The van der Waals surface area contributed by atoms with Gasteiger partial charge in [-0.05, 0) is 36.2 Å². The van der Waals surface area contributed by atoms with Gasteiger partial charge in [-0.1, -0.05) is 19.1 Å². The summed E-state index contributed by atoms with van der Waals surface area (Å²) in [6.07, 6.45) is 3.91. The first-order chi connectivity index (χ1) is 10.3. The molecule has 4 nitrogen and oxygen atoms in total. The Balaban J connectivity index is 2.03. The number of aromatic nitrogens is 3. The number of imidazole rings is 1. The van der Waals surface area contributed by atoms with E-state index in [9.17, 15) is 0 Å². The summed E-state index contributed by atoms with van der Waals surface area (Å²) in [5.74, 6) is 1.14. The smallest absolute Gasteiger partial charge is 0.110 e. The summed E-state index contributed by atoms with van der Waals surface area (Å²) in [6, 6.07) is 12.4. The second kappa shape index (κ2) is 6.06. The van der Waals surface area contributed by atoms with E-state index < -0.39 is 0 Å². The molecule has 21 heavy (non-hydrogen) atoms. The van der Waals surface area contributed by atoms with Gasteiger partial charge in [-0.15, -0.1) is 0 Å². The molecule has 2 heterocycles. The van der Waals surface area contributed by atoms with Gasteiger partial charge in [0.15, 0.2) is 0 Å². The molecule has 0 radical (unpaired) electrons. The van der Waals surface area contributed by atoms with Crippen LogP contribution in [0, 0.1) is 0 Å². The fraction of sp³-hybridized carbons (Fsp3) is 0.294. The molecule has 3 aromatic rings. The van der Waals surface area contributed by atoms with Gasteiger partial charge in [0.05, 0.1) is 16.7 Å². The molecule has 2 N–H and O–H groups in total. The van der Waals surface area contributed by atoms with E-state index in [2.05, 4.69) is 40.7 Å². The summed E-state index contributed by atoms with van der Waals surface area (Å²) in [6.45, 7) is 3.47. The van der Waals surface area contributed by atoms with Crippen LogP contribution in [0.3, 0.4) is 0 Å². The Bertz CT molecular complexity index is 745. The summed E-state index contributed by atoms with van der Waals surface area (Å²) in [5.41, 5.74) is 10.1. The topological polar surface area (TPSA) is 56.7 Å². The molecule has 0 amide bonds. The third kappa shape index (κ3) is 2.81. The van der Waals surface area contributed by atoms with Gasteiger partial charge < -0.3 is 10.3 Å². The van der Waals surface area contributed by atoms with Crippen LogP contribution >= 0.6 is 0 Å². The molecule has 0 aliphatic heterocycles. The predicted molar refractivity (Wildman–Crippen MR) is 85.0 cm³/mol. The molecule has 2 aromatic heterocycles. The molecule has 0 fully saturated rings. The van der Waals surface area contributed by atoms with Gasteiger partial charge in [0, 0.05) is 25.7 Å². The molecule has 0 aliphatic carbocycles. The fourth-order valence-electron chi connectivity index (χ4n) is 2.64. The number of aryl methyl sites for hydroxylation is 1. The number of rotatable bonds is 5. The average molecular weight is 280 g/mol. The minimum Gasteiger partial charge on any atom is -0.325 e. The standard InChI is InChI=1S/C17H20N4/c1-2-5-17-20-15-6-3-4-7-16(15)21(17)12-13-8-9-19-14(10-13)11-18/h3-4,6-10H,2,5,11-12,18H2,1H3. The normalized spacial score (nSPS) is 11.1. The number of hydrogen-bond acceptors (Lipinski definition) is 3. The fourth-order valence-corrected chi connectivity index (χ4v) is 2.64. The van der Waals surface area contributed by atoms with Crippen LogP contribution in [-0.4, -0.2) is 14.5 Å². The molecule has 0 atom stereocenters. The van der Waals surface area contributed by atoms with E-state index in [1.165, 1.54) is 11.1 Å². The van der Waals surface area contributed by atoms with Gasteiger partial charge >= 0.3 is 0 Å². The maximum Gasteiger partial charge on any atom is 0.110 e. The van der Waals surface area contributed by atoms with E-state index in [0.717, 1.165) is 36.4 Å². The van der Waals surface area contributed by atoms with Gasteiger partial charge in [-0.25, -0.2) is 4.98 Å². The summed E-state index contributed by atoms with van der Waals surface area (Å²) in [7, 11) is 0. The first-order valence-corrected chi connectivity index (χ1v) is 7.40. The van der Waals surface area contributed by atoms with E-state index in [1.807, 2.05) is 18.3 Å². The van der Waals surface area contributed by atoms with E-state index in [-0.39, 0.29) is 0 Å². The molecule has 0 unspecified atom stereocenters. The molecule has 0 bridgehead atoms. The lowest BCUT2D eigenvalue weighted by Crippen LogP contribution is -2.07. The predicted octanol–water partition coefficient (Wildman–Crippen LogP) is 2.89. The number of para-hydroxylation sites is 2. The third-order valence-electron chi connectivity index (χ3n) is 3.64. The lowest BCUT2D eigenvalue weighted by Gasteiger charge is -2.09. The summed E-state index contributed by atoms with van der Waals surface area (Å²) in [5, 5.41) is 0. The molecule has 0 aliphatic rings. The van der Waals surface area contributed by atoms with Crippen molar-refractivity contribution in [2.45, 2.75) is 32.9 Å². The Hall–Kier alpha value is -2.20. The van der Waals surface area contributed by atoms with Crippen molar-refractivity contribution in [1.29, 1.82) is 0 Å². The molecule has 4 heteroatoms. The van der Waals surface area contributed by atoms with Crippen LogP contribution in [0.2, 0.25) is 0 Å². The van der Waals surface area contributed by atoms with Gasteiger partial charge in [-0.2, -0.15) is 0 Å². The number of benzene rings is 1. The third-order valence-corrected chi connectivity index (χ3v) is 3.64. The number of nitrogens with two attached hydrogens (primary N) is 1. The number of fused-ring (bicyclic) bond motifs is 1. The minimum absolute atomic E-state index is 0.473. The van der Waals surface area contributed by atoms with Crippen molar-refractivity contribution < 1.29 is 0 Å². The zero-order valence-electron chi connectivity index (χ0n) is 12.3. The summed E-state index contributed by atoms with van der Waals surface area (Å²) >= 11 is 0. The highest BCUT2D eigenvalue weighted by atomic mass is 15.1. The van der Waals surface area contributed by atoms with Crippen molar-refractivity contribution in [2.24, 2.45) is 5.73 Å². The number of nitrogens with zero attached hydrogens (tertiary/aromatic N) is 3. The van der Waals surface area contributed by atoms with Crippen molar-refractivity contribution in [1.82, 2.24) is 14.5 Å². The minimum atomic E-state index is 0.473. The van der Waals surface area contributed by atoms with Crippen LogP contribution < -0.4 is 5.73 Å². The Morgan fingerprint density at radius 3 is 2.86 bits per heavy atom. The van der Waals surface area contributed by atoms with Gasteiger partial charge in [-0.3, -0.25) is 4.98 Å². The zero-order chi connectivity index (χ0) is 14.7. The Kier molecular flexibility index (Phi) is 3.97. The highest BCUT2D eigenvalue weighted by molar-refractivity contribution is 5.76. The maximum atomic E-state index is 5.68. The lowest BCUT2D eigenvalue weighted by atomic mass is 10.2. The second-order valence-electron chi connectivity index (χ2n) is 5.21. The van der Waals surface area contributed by atoms with Crippen molar-refractivity contribution in [3.63, 3.8) is 0 Å². The second-order valence-corrected chi connectivity index (χ2v) is 5.21. The van der Waals surface area contributed by atoms with Gasteiger partial charge in [0.25, 0.3) is 0 Å². The zero-order valence-corrected chi connectivity index (χ0v) is 12.3. The van der Waals surface area contributed by atoms with E-state index in [4.69, 9.17) is 10.7 Å². The summed E-state index contributed by atoms with van der Waals surface area (Å²) < 4.78 is 2.30. The maximum absolute atomic E-state index is 5.68. The molecular formula is C17H20N4. The molecule has 1 aromatic carbocycles. The molecular weight excluding hydrogens is 260 g/mol. The number of pyridine rings is 1. The monoisotopic (exact) mass is 280 g/mol. The largest absolute Gasteiger partial charge is 0.325 e. The summed E-state index contributed by atoms with van der Waals surface area (Å²) in [4.78, 5) is 9.02. The van der Waals surface area contributed by atoms with Crippen molar-refractivity contribution >= 4 is 11.0 Å². The first-order valence-electron chi connectivity index (χ1n) is 7.40. The van der Waals surface area contributed by atoms with Crippen molar-refractivity contribution in [2.75, 3.05) is 0 Å². The highest BCUT2D eigenvalue weighted by Gasteiger charge is 2.10. The van der Waals surface area contributed by atoms with Gasteiger partial charge in [0.2, 0.25) is 0 Å². The van der Waals surface area contributed by atoms with Crippen LogP contribution in [0.4, 0.5) is 0 Å². The molecule has 0 spiro atoms. The molecule has 108 valence electrons. The van der Waals surface area contributed by atoms with E-state index in [0.29, 0.717) is 6.54 Å². The van der Waals surface area contributed by atoms with Crippen LogP contribution in [0.25, 0.3) is 11.0 Å². The Morgan fingerprint density at radius 1 is 1.19 bits per heavy atom. The molecule has 0 saturated heterocycles. The quantitative estimate of drug-likeness (QED) is 0.782. The van der Waals surface area contributed by atoms with E-state index >= 15 is 0 Å². The van der Waals surface area contributed by atoms with Crippen LogP contribution in [0.1, 0.15) is 30.4 Å². The Morgan fingerprint density at radius 2 is 2.05 bits per heavy atom. The molecule has 3 rings (SSSR count). The van der Waals surface area contributed by atoms with Crippen LogP contribution in [0.5, 0.6) is 0 Å². The van der Waals surface area contributed by atoms with E-state index in [1.54, 1.807) is 0 Å².